The van der Waals surface area contributed by atoms with Crippen molar-refractivity contribution in [1.29, 1.82) is 0 Å². The monoisotopic (exact) mass is 379 g/mol. The summed E-state index contributed by atoms with van der Waals surface area (Å²) in [6, 6.07) is 17.5. The molecule has 2 rings (SSSR count). The molecule has 1 atom stereocenters. The minimum atomic E-state index is -0.967. The molecule has 0 saturated heterocycles. The van der Waals surface area contributed by atoms with Crippen LogP contribution in [-0.4, -0.2) is 23.7 Å². The van der Waals surface area contributed by atoms with Crippen LogP contribution in [0.25, 0.3) is 0 Å². The van der Waals surface area contributed by atoms with Crippen LogP contribution >= 0.6 is 17.0 Å². The molecule has 0 radical (unpaired) electrons. The molecule has 0 heterocycles. The van der Waals surface area contributed by atoms with Crippen LogP contribution in [0, 0.1) is 0 Å². The molecule has 0 saturated carbocycles. The highest BCUT2D eigenvalue weighted by atomic mass is 79.9. The molecule has 124 valence electrons. The standard InChI is InChI=1S/C18H21NO3.BrH/c19-17(18(20)21)7-4-12-22-16-10-8-15(9-11-16)13-14-5-2-1-3-6-14;/h1-3,5-6,8-11,17H,4,7,12-13,19H2,(H,20,21);1H/t17-;/m0./s1. The quantitative estimate of drug-likeness (QED) is 0.689. The zero-order chi connectivity index (χ0) is 15.8. The van der Waals surface area contributed by atoms with Crippen molar-refractivity contribution in [3.05, 3.63) is 65.7 Å². The Labute approximate surface area is 147 Å². The predicted molar refractivity (Wildman–Crippen MR) is 96.4 cm³/mol. The number of carboxylic acids is 1. The van der Waals surface area contributed by atoms with Crippen molar-refractivity contribution in [2.45, 2.75) is 25.3 Å². The molecule has 0 aromatic heterocycles. The SMILES string of the molecule is Br.N[C@@H](CCCOc1ccc(Cc2ccccc2)cc1)C(=O)O. The lowest BCUT2D eigenvalue weighted by atomic mass is 10.1. The molecule has 0 amide bonds. The van der Waals surface area contributed by atoms with Gasteiger partial charge in [0.05, 0.1) is 6.61 Å². The molecular weight excluding hydrogens is 358 g/mol. The minimum Gasteiger partial charge on any atom is -0.494 e. The first kappa shape index (κ1) is 19.2. The van der Waals surface area contributed by atoms with Gasteiger partial charge in [-0.05, 0) is 42.5 Å². The Hall–Kier alpha value is -1.85. The Bertz CT molecular complexity index is 587. The largest absolute Gasteiger partial charge is 0.494 e. The summed E-state index contributed by atoms with van der Waals surface area (Å²) in [7, 11) is 0. The van der Waals surface area contributed by atoms with Crippen LogP contribution in [0.5, 0.6) is 5.75 Å². The molecule has 4 nitrogen and oxygen atoms in total. The Kier molecular flexibility index (Phi) is 8.37. The maximum absolute atomic E-state index is 10.6. The maximum atomic E-state index is 10.6. The van der Waals surface area contributed by atoms with Crippen LogP contribution in [0.4, 0.5) is 0 Å². The number of aliphatic carboxylic acids is 1. The fourth-order valence-electron chi connectivity index (χ4n) is 2.15. The third-order valence-corrected chi connectivity index (χ3v) is 3.42. The van der Waals surface area contributed by atoms with E-state index in [0.717, 1.165) is 12.2 Å². The highest BCUT2D eigenvalue weighted by Gasteiger charge is 2.10. The number of carboxylic acid groups (broad SMARTS) is 1. The summed E-state index contributed by atoms with van der Waals surface area (Å²) >= 11 is 0. The number of ether oxygens (including phenoxy) is 1. The van der Waals surface area contributed by atoms with Gasteiger partial charge in [0.1, 0.15) is 11.8 Å². The number of rotatable bonds is 8. The van der Waals surface area contributed by atoms with E-state index < -0.39 is 12.0 Å². The lowest BCUT2D eigenvalue weighted by Gasteiger charge is -2.09. The van der Waals surface area contributed by atoms with Gasteiger partial charge in [0.15, 0.2) is 0 Å². The smallest absolute Gasteiger partial charge is 0.320 e. The topological polar surface area (TPSA) is 72.5 Å². The zero-order valence-electron chi connectivity index (χ0n) is 12.9. The van der Waals surface area contributed by atoms with Gasteiger partial charge in [-0.15, -0.1) is 17.0 Å². The molecule has 0 spiro atoms. The Balaban J connectivity index is 0.00000264. The van der Waals surface area contributed by atoms with Crippen molar-refractivity contribution in [2.24, 2.45) is 5.73 Å². The van der Waals surface area contributed by atoms with Crippen molar-refractivity contribution < 1.29 is 14.6 Å². The van der Waals surface area contributed by atoms with Crippen molar-refractivity contribution in [3.63, 3.8) is 0 Å². The van der Waals surface area contributed by atoms with E-state index in [1.807, 2.05) is 42.5 Å². The van der Waals surface area contributed by atoms with E-state index >= 15 is 0 Å². The molecular formula is C18H22BrNO3. The minimum absolute atomic E-state index is 0. The number of halogens is 1. The van der Waals surface area contributed by atoms with E-state index in [0.29, 0.717) is 19.4 Å². The van der Waals surface area contributed by atoms with Crippen LogP contribution in [0.2, 0.25) is 0 Å². The number of hydrogen-bond donors (Lipinski definition) is 2. The maximum Gasteiger partial charge on any atom is 0.320 e. The summed E-state index contributed by atoms with van der Waals surface area (Å²) in [5, 5.41) is 8.68. The van der Waals surface area contributed by atoms with E-state index in [9.17, 15) is 4.79 Å². The Morgan fingerprint density at radius 3 is 2.26 bits per heavy atom. The second-order valence-electron chi connectivity index (χ2n) is 5.24. The summed E-state index contributed by atoms with van der Waals surface area (Å²) in [6.45, 7) is 0.471. The summed E-state index contributed by atoms with van der Waals surface area (Å²) in [5.41, 5.74) is 7.94. The van der Waals surface area contributed by atoms with Crippen LogP contribution in [0.1, 0.15) is 24.0 Å². The summed E-state index contributed by atoms with van der Waals surface area (Å²) in [6.07, 6.45) is 1.94. The second kappa shape index (κ2) is 10.0. The molecule has 0 aliphatic carbocycles. The van der Waals surface area contributed by atoms with E-state index in [-0.39, 0.29) is 17.0 Å². The highest BCUT2D eigenvalue weighted by molar-refractivity contribution is 8.93. The number of carbonyl (C=O) groups is 1. The highest BCUT2D eigenvalue weighted by Crippen LogP contribution is 2.15. The molecule has 3 N–H and O–H groups in total. The van der Waals surface area contributed by atoms with Gasteiger partial charge in [-0.3, -0.25) is 4.79 Å². The van der Waals surface area contributed by atoms with Gasteiger partial charge < -0.3 is 15.6 Å². The Morgan fingerprint density at radius 1 is 1.04 bits per heavy atom. The van der Waals surface area contributed by atoms with E-state index in [1.165, 1.54) is 11.1 Å². The molecule has 2 aromatic rings. The van der Waals surface area contributed by atoms with E-state index in [2.05, 4.69) is 12.1 Å². The van der Waals surface area contributed by atoms with E-state index in [1.54, 1.807) is 0 Å². The van der Waals surface area contributed by atoms with Crippen LogP contribution in [0.15, 0.2) is 54.6 Å². The van der Waals surface area contributed by atoms with Crippen molar-refractivity contribution >= 4 is 23.0 Å². The molecule has 23 heavy (non-hydrogen) atoms. The fraction of sp³-hybridized carbons (Fsp3) is 0.278. The first-order valence-electron chi connectivity index (χ1n) is 7.39. The van der Waals surface area contributed by atoms with Crippen molar-refractivity contribution in [3.8, 4) is 5.75 Å². The average Bonchev–Trinajstić information content (AvgIpc) is 2.53. The molecule has 5 heteroatoms. The van der Waals surface area contributed by atoms with Gasteiger partial charge >= 0.3 is 5.97 Å². The molecule has 2 aromatic carbocycles. The van der Waals surface area contributed by atoms with Crippen LogP contribution in [-0.2, 0) is 11.2 Å². The predicted octanol–water partition coefficient (Wildman–Crippen LogP) is 3.43. The first-order chi connectivity index (χ1) is 10.6. The summed E-state index contributed by atoms with van der Waals surface area (Å²) < 4.78 is 5.59. The van der Waals surface area contributed by atoms with Crippen LogP contribution < -0.4 is 10.5 Å². The van der Waals surface area contributed by atoms with Gasteiger partial charge in [0, 0.05) is 0 Å². The van der Waals surface area contributed by atoms with Gasteiger partial charge in [-0.25, -0.2) is 0 Å². The van der Waals surface area contributed by atoms with Crippen LogP contribution in [0.3, 0.4) is 0 Å². The van der Waals surface area contributed by atoms with Crippen molar-refractivity contribution in [2.75, 3.05) is 6.61 Å². The molecule has 0 aliphatic heterocycles. The number of benzene rings is 2. The van der Waals surface area contributed by atoms with Crippen molar-refractivity contribution in [1.82, 2.24) is 0 Å². The number of nitrogens with two attached hydrogens (primary N) is 1. The molecule has 0 aliphatic rings. The zero-order valence-corrected chi connectivity index (χ0v) is 14.6. The molecule has 0 unspecified atom stereocenters. The molecule has 0 fully saturated rings. The van der Waals surface area contributed by atoms with E-state index in [4.69, 9.17) is 15.6 Å². The average molecular weight is 380 g/mol. The summed E-state index contributed by atoms with van der Waals surface area (Å²) in [5.74, 6) is -0.175. The fourth-order valence-corrected chi connectivity index (χ4v) is 2.15. The third-order valence-electron chi connectivity index (χ3n) is 3.42. The van der Waals surface area contributed by atoms with Gasteiger partial charge in [0.25, 0.3) is 0 Å². The third kappa shape index (κ3) is 6.84. The lowest BCUT2D eigenvalue weighted by Crippen LogP contribution is -2.30. The van der Waals surface area contributed by atoms with Gasteiger partial charge in [-0.2, -0.15) is 0 Å². The normalized spacial score (nSPS) is 11.3. The van der Waals surface area contributed by atoms with Gasteiger partial charge in [-0.1, -0.05) is 42.5 Å². The first-order valence-corrected chi connectivity index (χ1v) is 7.39. The number of hydrogen-bond acceptors (Lipinski definition) is 3. The molecule has 0 bridgehead atoms. The summed E-state index contributed by atoms with van der Waals surface area (Å²) in [4.78, 5) is 10.6. The second-order valence-corrected chi connectivity index (χ2v) is 5.24. The Morgan fingerprint density at radius 2 is 1.65 bits per heavy atom. The lowest BCUT2D eigenvalue weighted by molar-refractivity contribution is -0.138. The van der Waals surface area contributed by atoms with Gasteiger partial charge in [0.2, 0.25) is 0 Å².